The third-order valence-electron chi connectivity index (χ3n) is 1.57. The minimum absolute atomic E-state index is 0.116. The number of aldehydes is 1. The molecule has 0 aromatic carbocycles. The van der Waals surface area contributed by atoms with Gasteiger partial charge in [0.2, 0.25) is 5.88 Å². The van der Waals surface area contributed by atoms with E-state index in [1.807, 2.05) is 0 Å². The molecule has 0 aliphatic rings. The van der Waals surface area contributed by atoms with Gasteiger partial charge in [-0.25, -0.2) is 4.98 Å². The van der Waals surface area contributed by atoms with Crippen molar-refractivity contribution in [3.8, 4) is 5.88 Å². The predicted octanol–water partition coefficient (Wildman–Crippen LogP) is 3.29. The molecule has 1 aromatic rings. The Kier molecular flexibility index (Phi) is 4.53. The molecule has 0 saturated carbocycles. The molecule has 1 aromatic heterocycles. The van der Waals surface area contributed by atoms with Gasteiger partial charge in [0.05, 0.1) is 0 Å². The number of hydrogen-bond donors (Lipinski definition) is 0. The van der Waals surface area contributed by atoms with Crippen molar-refractivity contribution in [3.63, 3.8) is 0 Å². The topological polar surface area (TPSA) is 39.2 Å². The second-order valence-corrected chi connectivity index (χ2v) is 4.25. The van der Waals surface area contributed by atoms with Crippen LogP contribution in [0, 0.1) is 3.57 Å². The van der Waals surface area contributed by atoms with E-state index in [9.17, 15) is 18.0 Å². The Bertz CT molecular complexity index is 411. The average molecular weight is 410 g/mol. The fourth-order valence-corrected chi connectivity index (χ4v) is 2.66. The van der Waals surface area contributed by atoms with E-state index in [0.29, 0.717) is 9.86 Å². The van der Waals surface area contributed by atoms with Gasteiger partial charge in [-0.1, -0.05) is 15.9 Å². The fraction of sp³-hybridized carbons (Fsp3) is 0.250. The number of carbonyl (C=O) groups is 1. The Labute approximate surface area is 111 Å². The van der Waals surface area contributed by atoms with Crippen molar-refractivity contribution in [2.45, 2.75) is 11.7 Å². The summed E-state index contributed by atoms with van der Waals surface area (Å²) in [5.41, 5.74) is 0.423. The average Bonchev–Trinajstić information content (AvgIpc) is 2.16. The number of nitrogens with zero attached hydrogens (tertiary/aromatic N) is 1. The molecule has 1 rings (SSSR count). The molecular weight excluding hydrogens is 406 g/mol. The first-order chi connectivity index (χ1) is 7.39. The standard InChI is InChI=1S/C8H4BrF3INO2/c9-1-5-6(13)4(3-15)2-14-7(5)16-8(10,11)12/h2-3H,1H2. The summed E-state index contributed by atoms with van der Waals surface area (Å²) in [6.45, 7) is 0. The zero-order valence-corrected chi connectivity index (χ0v) is 11.3. The lowest BCUT2D eigenvalue weighted by molar-refractivity contribution is -0.276. The van der Waals surface area contributed by atoms with Crippen LogP contribution < -0.4 is 4.74 Å². The minimum Gasteiger partial charge on any atom is -0.388 e. The van der Waals surface area contributed by atoms with Crippen LogP contribution in [-0.4, -0.2) is 17.6 Å². The summed E-state index contributed by atoms with van der Waals surface area (Å²) >= 11 is 4.79. The van der Waals surface area contributed by atoms with E-state index in [1.54, 1.807) is 22.6 Å². The molecule has 0 amide bonds. The summed E-state index contributed by atoms with van der Waals surface area (Å²) in [5.74, 6) is -0.542. The molecule has 0 bridgehead atoms. The number of halogens is 5. The number of ether oxygens (including phenoxy) is 1. The van der Waals surface area contributed by atoms with Gasteiger partial charge in [-0.3, -0.25) is 4.79 Å². The highest BCUT2D eigenvalue weighted by atomic mass is 127. The zero-order valence-electron chi connectivity index (χ0n) is 7.52. The third kappa shape index (κ3) is 3.30. The van der Waals surface area contributed by atoms with E-state index < -0.39 is 12.2 Å². The van der Waals surface area contributed by atoms with Crippen LogP contribution in [0.5, 0.6) is 5.88 Å². The minimum atomic E-state index is -4.80. The van der Waals surface area contributed by atoms with Gasteiger partial charge >= 0.3 is 6.36 Å². The normalized spacial score (nSPS) is 11.3. The van der Waals surface area contributed by atoms with Crippen LogP contribution in [0.25, 0.3) is 0 Å². The number of rotatable bonds is 3. The fourth-order valence-electron chi connectivity index (χ4n) is 0.926. The van der Waals surface area contributed by atoms with E-state index in [-0.39, 0.29) is 16.5 Å². The molecule has 0 N–H and O–H groups in total. The monoisotopic (exact) mass is 409 g/mol. The number of pyridine rings is 1. The molecule has 0 aliphatic carbocycles. The highest BCUT2D eigenvalue weighted by molar-refractivity contribution is 14.1. The van der Waals surface area contributed by atoms with E-state index in [2.05, 4.69) is 25.7 Å². The Morgan fingerprint density at radius 1 is 1.56 bits per heavy atom. The third-order valence-corrected chi connectivity index (χ3v) is 3.41. The summed E-state index contributed by atoms with van der Waals surface area (Å²) in [7, 11) is 0. The first-order valence-electron chi connectivity index (χ1n) is 3.83. The molecule has 8 heteroatoms. The van der Waals surface area contributed by atoms with Gasteiger partial charge in [0, 0.05) is 26.2 Å². The van der Waals surface area contributed by atoms with Crippen molar-refractivity contribution in [2.75, 3.05) is 0 Å². The van der Waals surface area contributed by atoms with Crippen molar-refractivity contribution in [3.05, 3.63) is 20.9 Å². The van der Waals surface area contributed by atoms with Crippen LogP contribution in [0.15, 0.2) is 6.20 Å². The highest BCUT2D eigenvalue weighted by Crippen LogP contribution is 2.30. The zero-order chi connectivity index (χ0) is 12.3. The second kappa shape index (κ2) is 5.30. The van der Waals surface area contributed by atoms with Crippen molar-refractivity contribution in [1.29, 1.82) is 0 Å². The largest absolute Gasteiger partial charge is 0.574 e. The van der Waals surface area contributed by atoms with Gasteiger partial charge in [-0.05, 0) is 22.6 Å². The first kappa shape index (κ1) is 13.7. The maximum Gasteiger partial charge on any atom is 0.574 e. The van der Waals surface area contributed by atoms with Crippen molar-refractivity contribution >= 4 is 44.8 Å². The Morgan fingerprint density at radius 3 is 2.62 bits per heavy atom. The molecule has 0 aliphatic heterocycles. The predicted molar refractivity (Wildman–Crippen MR) is 61.7 cm³/mol. The molecule has 0 saturated heterocycles. The number of carbonyl (C=O) groups excluding carboxylic acids is 1. The van der Waals surface area contributed by atoms with Gasteiger partial charge in [-0.15, -0.1) is 13.2 Å². The molecule has 1 heterocycles. The lowest BCUT2D eigenvalue weighted by Crippen LogP contribution is -2.19. The van der Waals surface area contributed by atoms with Crippen LogP contribution in [0.2, 0.25) is 0 Å². The van der Waals surface area contributed by atoms with Crippen LogP contribution >= 0.6 is 38.5 Å². The molecule has 0 unspecified atom stereocenters. The Morgan fingerprint density at radius 2 is 2.19 bits per heavy atom. The summed E-state index contributed by atoms with van der Waals surface area (Å²) in [5, 5.41) is 0.116. The molecule has 16 heavy (non-hydrogen) atoms. The summed E-state index contributed by atoms with van der Waals surface area (Å²) < 4.78 is 40.2. The van der Waals surface area contributed by atoms with E-state index >= 15 is 0 Å². The first-order valence-corrected chi connectivity index (χ1v) is 6.03. The molecule has 0 fully saturated rings. The van der Waals surface area contributed by atoms with Crippen LogP contribution in [0.3, 0.4) is 0 Å². The summed E-state index contributed by atoms with van der Waals surface area (Å²) in [6, 6.07) is 0. The highest BCUT2D eigenvalue weighted by Gasteiger charge is 2.33. The van der Waals surface area contributed by atoms with Crippen LogP contribution in [0.1, 0.15) is 15.9 Å². The van der Waals surface area contributed by atoms with Gasteiger partial charge < -0.3 is 4.74 Å². The molecule has 0 atom stereocenters. The van der Waals surface area contributed by atoms with Gasteiger partial charge in [-0.2, -0.15) is 0 Å². The maximum absolute atomic E-state index is 12.0. The second-order valence-electron chi connectivity index (χ2n) is 2.61. The van der Waals surface area contributed by atoms with E-state index in [4.69, 9.17) is 0 Å². The molecule has 88 valence electrons. The van der Waals surface area contributed by atoms with Crippen molar-refractivity contribution < 1.29 is 22.7 Å². The maximum atomic E-state index is 12.0. The summed E-state index contributed by atoms with van der Waals surface area (Å²) in [6.07, 6.45) is -3.23. The van der Waals surface area contributed by atoms with Gasteiger partial charge in [0.1, 0.15) is 0 Å². The lowest BCUT2D eigenvalue weighted by Gasteiger charge is -2.12. The SMILES string of the molecule is O=Cc1cnc(OC(F)(F)F)c(CBr)c1I. The quantitative estimate of drug-likeness (QED) is 0.437. The smallest absolute Gasteiger partial charge is 0.388 e. The lowest BCUT2D eigenvalue weighted by atomic mass is 10.2. The van der Waals surface area contributed by atoms with Crippen LogP contribution in [0.4, 0.5) is 13.2 Å². The van der Waals surface area contributed by atoms with Crippen molar-refractivity contribution in [2.24, 2.45) is 0 Å². The number of hydrogen-bond acceptors (Lipinski definition) is 3. The van der Waals surface area contributed by atoms with Gasteiger partial charge in [0.25, 0.3) is 0 Å². The Balaban J connectivity index is 3.21. The van der Waals surface area contributed by atoms with E-state index in [1.165, 1.54) is 0 Å². The molecular formula is C8H4BrF3INO2. The molecule has 3 nitrogen and oxygen atoms in total. The van der Waals surface area contributed by atoms with Gasteiger partial charge in [0.15, 0.2) is 6.29 Å². The van der Waals surface area contributed by atoms with E-state index in [0.717, 1.165) is 6.20 Å². The van der Waals surface area contributed by atoms with Crippen LogP contribution in [-0.2, 0) is 5.33 Å². The molecule has 0 spiro atoms. The number of alkyl halides is 4. The van der Waals surface area contributed by atoms with Crippen molar-refractivity contribution in [1.82, 2.24) is 4.98 Å². The Hall–Kier alpha value is -0.380. The number of aromatic nitrogens is 1. The summed E-state index contributed by atoms with van der Waals surface area (Å²) in [4.78, 5) is 14.0. The molecule has 0 radical (unpaired) electrons.